The molecule has 0 saturated carbocycles. The third kappa shape index (κ3) is 3.20. The second-order valence-corrected chi connectivity index (χ2v) is 4.26. The van der Waals surface area contributed by atoms with Crippen LogP contribution in [-0.4, -0.2) is 36.1 Å². The molecular formula is C10H18N2O3. The third-order valence-corrected chi connectivity index (χ3v) is 2.66. The van der Waals surface area contributed by atoms with Crippen molar-refractivity contribution in [2.45, 2.75) is 26.3 Å². The predicted octanol–water partition coefficient (Wildman–Crippen LogP) is -0.179. The van der Waals surface area contributed by atoms with Crippen LogP contribution in [0.2, 0.25) is 0 Å². The van der Waals surface area contributed by atoms with Crippen molar-refractivity contribution in [3.8, 4) is 0 Å². The summed E-state index contributed by atoms with van der Waals surface area (Å²) in [6, 6.07) is -0.780. The lowest BCUT2D eigenvalue weighted by Gasteiger charge is -2.19. The van der Waals surface area contributed by atoms with Crippen LogP contribution in [-0.2, 0) is 9.59 Å². The zero-order chi connectivity index (χ0) is 11.4. The molecule has 0 aromatic heterocycles. The number of carbonyl (C=O) groups excluding carboxylic acids is 1. The van der Waals surface area contributed by atoms with Gasteiger partial charge in [-0.3, -0.25) is 4.79 Å². The van der Waals surface area contributed by atoms with Gasteiger partial charge >= 0.3 is 5.97 Å². The largest absolute Gasteiger partial charge is 0.480 e. The minimum absolute atomic E-state index is 0.0781. The summed E-state index contributed by atoms with van der Waals surface area (Å²) < 4.78 is 0. The topological polar surface area (TPSA) is 78.4 Å². The predicted molar refractivity (Wildman–Crippen MR) is 55.4 cm³/mol. The van der Waals surface area contributed by atoms with Gasteiger partial charge in [-0.15, -0.1) is 0 Å². The van der Waals surface area contributed by atoms with E-state index in [9.17, 15) is 9.59 Å². The molecule has 0 bridgehead atoms. The first-order valence-electron chi connectivity index (χ1n) is 5.26. The number of carboxylic acids is 1. The summed E-state index contributed by atoms with van der Waals surface area (Å²) in [6.45, 7) is 5.05. The Morgan fingerprint density at radius 3 is 2.53 bits per heavy atom. The first kappa shape index (κ1) is 12.0. The molecule has 1 saturated heterocycles. The number of nitrogens with one attached hydrogen (secondary N) is 2. The van der Waals surface area contributed by atoms with E-state index in [1.54, 1.807) is 13.8 Å². The molecule has 86 valence electrons. The van der Waals surface area contributed by atoms with Crippen LogP contribution in [0.25, 0.3) is 0 Å². The maximum atomic E-state index is 11.7. The van der Waals surface area contributed by atoms with Crippen molar-refractivity contribution in [3.05, 3.63) is 0 Å². The Morgan fingerprint density at radius 1 is 1.47 bits per heavy atom. The molecule has 0 aromatic rings. The molecule has 1 amide bonds. The van der Waals surface area contributed by atoms with Crippen LogP contribution < -0.4 is 10.6 Å². The molecule has 1 aliphatic rings. The zero-order valence-electron chi connectivity index (χ0n) is 9.12. The smallest absolute Gasteiger partial charge is 0.326 e. The van der Waals surface area contributed by atoms with E-state index in [1.165, 1.54) is 0 Å². The Balaban J connectivity index is 2.50. The lowest BCUT2D eigenvalue weighted by atomic mass is 10.0. The molecule has 15 heavy (non-hydrogen) atoms. The van der Waals surface area contributed by atoms with Crippen LogP contribution in [0.1, 0.15) is 20.3 Å². The average molecular weight is 214 g/mol. The van der Waals surface area contributed by atoms with Gasteiger partial charge in [0, 0.05) is 6.54 Å². The first-order valence-corrected chi connectivity index (χ1v) is 5.26. The highest BCUT2D eigenvalue weighted by Crippen LogP contribution is 2.09. The highest BCUT2D eigenvalue weighted by atomic mass is 16.4. The molecule has 5 heteroatoms. The number of rotatable bonds is 4. The van der Waals surface area contributed by atoms with Gasteiger partial charge in [0.25, 0.3) is 0 Å². The lowest BCUT2D eigenvalue weighted by Crippen LogP contribution is -2.47. The van der Waals surface area contributed by atoms with Gasteiger partial charge < -0.3 is 15.7 Å². The maximum absolute atomic E-state index is 11.7. The molecular weight excluding hydrogens is 196 g/mol. The van der Waals surface area contributed by atoms with E-state index in [4.69, 9.17) is 5.11 Å². The van der Waals surface area contributed by atoms with E-state index in [1.807, 2.05) is 0 Å². The molecule has 0 radical (unpaired) electrons. The Kier molecular flexibility index (Phi) is 4.08. The number of aliphatic carboxylic acids is 1. The molecule has 5 nitrogen and oxygen atoms in total. The van der Waals surface area contributed by atoms with Gasteiger partial charge in [0.1, 0.15) is 6.04 Å². The van der Waals surface area contributed by atoms with Gasteiger partial charge in [-0.05, 0) is 18.9 Å². The number of hydrogen-bond acceptors (Lipinski definition) is 3. The van der Waals surface area contributed by atoms with Gasteiger partial charge in [0.2, 0.25) is 5.91 Å². The summed E-state index contributed by atoms with van der Waals surface area (Å²) in [5.74, 6) is -1.29. The van der Waals surface area contributed by atoms with Crippen LogP contribution in [0.4, 0.5) is 0 Å². The van der Waals surface area contributed by atoms with Crippen LogP contribution in [0.3, 0.4) is 0 Å². The molecule has 1 heterocycles. The average Bonchev–Trinajstić information content (AvgIpc) is 2.65. The van der Waals surface area contributed by atoms with E-state index < -0.39 is 12.0 Å². The summed E-state index contributed by atoms with van der Waals surface area (Å²) in [7, 11) is 0. The van der Waals surface area contributed by atoms with E-state index in [2.05, 4.69) is 10.6 Å². The fourth-order valence-corrected chi connectivity index (χ4v) is 1.66. The van der Waals surface area contributed by atoms with Gasteiger partial charge in [-0.25, -0.2) is 4.79 Å². The Bertz CT molecular complexity index is 247. The summed E-state index contributed by atoms with van der Waals surface area (Å²) in [5.41, 5.74) is 0. The van der Waals surface area contributed by atoms with Gasteiger partial charge in [-0.2, -0.15) is 0 Å². The molecule has 3 N–H and O–H groups in total. The molecule has 2 atom stereocenters. The van der Waals surface area contributed by atoms with E-state index in [0.29, 0.717) is 6.54 Å². The fraction of sp³-hybridized carbons (Fsp3) is 0.800. The zero-order valence-corrected chi connectivity index (χ0v) is 9.12. The lowest BCUT2D eigenvalue weighted by molar-refractivity contribution is -0.143. The summed E-state index contributed by atoms with van der Waals surface area (Å²) in [4.78, 5) is 22.5. The summed E-state index contributed by atoms with van der Waals surface area (Å²) >= 11 is 0. The minimum atomic E-state index is -0.968. The van der Waals surface area contributed by atoms with Crippen LogP contribution in [0, 0.1) is 11.8 Å². The van der Waals surface area contributed by atoms with E-state index in [-0.39, 0.29) is 17.7 Å². The first-order chi connectivity index (χ1) is 7.02. The number of amides is 1. The molecule has 0 spiro atoms. The maximum Gasteiger partial charge on any atom is 0.326 e. The van der Waals surface area contributed by atoms with Crippen LogP contribution in [0.5, 0.6) is 0 Å². The monoisotopic (exact) mass is 214 g/mol. The molecule has 0 aromatic carbocycles. The van der Waals surface area contributed by atoms with Crippen molar-refractivity contribution in [1.29, 1.82) is 0 Å². The number of carboxylic acid groups (broad SMARTS) is 1. The van der Waals surface area contributed by atoms with Crippen LogP contribution in [0.15, 0.2) is 0 Å². The Hall–Kier alpha value is -1.10. The highest BCUT2D eigenvalue weighted by molar-refractivity contribution is 5.85. The summed E-state index contributed by atoms with van der Waals surface area (Å²) in [6.07, 6.45) is 0.788. The standard InChI is InChI=1S/C10H18N2O3/c1-6(2)8(10(14)15)12-9(13)7-3-4-11-5-7/h6-8,11H,3-5H2,1-2H3,(H,12,13)(H,14,15)/t7?,8-/m1/s1. The third-order valence-electron chi connectivity index (χ3n) is 2.66. The van der Waals surface area contributed by atoms with Gasteiger partial charge in [0.15, 0.2) is 0 Å². The van der Waals surface area contributed by atoms with Crippen LogP contribution >= 0.6 is 0 Å². The van der Waals surface area contributed by atoms with Gasteiger partial charge in [-0.1, -0.05) is 13.8 Å². The van der Waals surface area contributed by atoms with E-state index in [0.717, 1.165) is 13.0 Å². The Morgan fingerprint density at radius 2 is 2.13 bits per heavy atom. The molecule has 0 aliphatic carbocycles. The minimum Gasteiger partial charge on any atom is -0.480 e. The fourth-order valence-electron chi connectivity index (χ4n) is 1.66. The number of carbonyl (C=O) groups is 2. The normalized spacial score (nSPS) is 22.7. The molecule has 1 rings (SSSR count). The number of hydrogen-bond donors (Lipinski definition) is 3. The molecule has 1 fully saturated rings. The SMILES string of the molecule is CC(C)[C@@H](NC(=O)C1CCNC1)C(=O)O. The van der Waals surface area contributed by atoms with Gasteiger partial charge in [0.05, 0.1) is 5.92 Å². The Labute approximate surface area is 89.2 Å². The van der Waals surface area contributed by atoms with Crippen molar-refractivity contribution < 1.29 is 14.7 Å². The highest BCUT2D eigenvalue weighted by Gasteiger charge is 2.28. The van der Waals surface area contributed by atoms with Crippen molar-refractivity contribution in [2.75, 3.05) is 13.1 Å². The summed E-state index contributed by atoms with van der Waals surface area (Å²) in [5, 5.41) is 14.6. The quantitative estimate of drug-likeness (QED) is 0.606. The van der Waals surface area contributed by atoms with Crippen molar-refractivity contribution >= 4 is 11.9 Å². The molecule has 1 unspecified atom stereocenters. The second kappa shape index (κ2) is 5.11. The van der Waals surface area contributed by atoms with Crippen molar-refractivity contribution in [2.24, 2.45) is 11.8 Å². The van der Waals surface area contributed by atoms with E-state index >= 15 is 0 Å². The molecule has 1 aliphatic heterocycles. The van der Waals surface area contributed by atoms with Crippen molar-refractivity contribution in [3.63, 3.8) is 0 Å². The van der Waals surface area contributed by atoms with Crippen molar-refractivity contribution in [1.82, 2.24) is 10.6 Å². The second-order valence-electron chi connectivity index (χ2n) is 4.26.